The Morgan fingerprint density at radius 2 is 0.531 bits per heavy atom. The van der Waals surface area contributed by atoms with E-state index in [1.165, 1.54) is 33.8 Å². The summed E-state index contributed by atoms with van der Waals surface area (Å²) >= 11 is 0. The Balaban J connectivity index is 0.000000254. The molecule has 0 saturated heterocycles. The molecule has 2 radical (unpaired) electrons. The third-order valence-electron chi connectivity index (χ3n) is 14.2. The number of ether oxygens (including phenoxy) is 2. The largest absolute Gasteiger partial charge is 0.522 e. The van der Waals surface area contributed by atoms with E-state index >= 15 is 0 Å². The second kappa shape index (κ2) is 40.7. The van der Waals surface area contributed by atoms with Gasteiger partial charge in [0.05, 0.1) is 51.6 Å². The molecule has 16 heteroatoms. The van der Waals surface area contributed by atoms with Crippen LogP contribution in [0.15, 0.2) is 243 Å². The van der Waals surface area contributed by atoms with E-state index in [0.717, 1.165) is 59.1 Å². The summed E-state index contributed by atoms with van der Waals surface area (Å²) in [4.78, 5) is 101. The van der Waals surface area contributed by atoms with E-state index in [1.54, 1.807) is 79.9 Å². The number of hydrogen-bond donors (Lipinski definition) is 0. The first-order valence-electron chi connectivity index (χ1n) is 30.4. The van der Waals surface area contributed by atoms with E-state index in [0.29, 0.717) is 57.3 Å². The van der Waals surface area contributed by atoms with Gasteiger partial charge in [0, 0.05) is 105 Å². The van der Waals surface area contributed by atoms with Crippen molar-refractivity contribution in [2.45, 2.75) is 47.5 Å². The maximum absolute atomic E-state index is 12.1. The number of aryl methyl sites for hydroxylation is 1. The molecule has 10 aromatic carbocycles. The quantitative estimate of drug-likeness (QED) is 0.111. The van der Waals surface area contributed by atoms with Crippen molar-refractivity contribution in [3.05, 3.63) is 339 Å². The van der Waals surface area contributed by atoms with Gasteiger partial charge in [-0.3, -0.25) is 58.0 Å². The Morgan fingerprint density at radius 1 is 0.292 bits per heavy atom. The summed E-state index contributed by atoms with van der Waals surface area (Å²) in [6.45, 7) is 10.1. The van der Waals surface area contributed by atoms with Crippen molar-refractivity contribution in [3.8, 4) is 17.2 Å². The molecule has 4 aliphatic rings. The first-order valence-corrected chi connectivity index (χ1v) is 30.4. The van der Waals surface area contributed by atoms with E-state index in [-0.39, 0.29) is 113 Å². The van der Waals surface area contributed by atoms with Crippen molar-refractivity contribution in [1.82, 2.24) is 19.6 Å². The van der Waals surface area contributed by atoms with Crippen LogP contribution in [0.4, 0.5) is 0 Å². The van der Waals surface area contributed by atoms with Gasteiger partial charge in [-0.15, -0.1) is 24.3 Å². The summed E-state index contributed by atoms with van der Waals surface area (Å²) < 4.78 is 10.5. The Bertz CT molecular complexity index is 3720. The molecule has 0 bridgehead atoms. The second-order valence-corrected chi connectivity index (χ2v) is 20.5. The molecule has 4 heterocycles. The van der Waals surface area contributed by atoms with Gasteiger partial charge in [0.1, 0.15) is 5.75 Å². The van der Waals surface area contributed by atoms with Crippen molar-refractivity contribution in [3.63, 3.8) is 0 Å². The molecule has 0 saturated carbocycles. The average molecular weight is 1430 g/mol. The molecule has 0 aliphatic carbocycles. The van der Waals surface area contributed by atoms with Gasteiger partial charge in [-0.05, 0) is 103 Å². The Kier molecular flexibility index (Phi) is 33.5. The number of fused-ring (bicyclic) bond motifs is 4. The van der Waals surface area contributed by atoms with Crippen molar-refractivity contribution >= 4 is 47.3 Å². The Labute approximate surface area is 614 Å². The van der Waals surface area contributed by atoms with Crippen LogP contribution in [0.25, 0.3) is 0 Å². The molecule has 4 aliphatic heterocycles. The maximum atomic E-state index is 12.1. The molecule has 14 nitrogen and oxygen atoms in total. The zero-order valence-electron chi connectivity index (χ0n) is 55.5. The number of benzene rings is 10. The first-order chi connectivity index (χ1) is 45.5. The van der Waals surface area contributed by atoms with Crippen LogP contribution in [0.5, 0.6) is 17.2 Å². The van der Waals surface area contributed by atoms with Crippen molar-refractivity contribution in [2.24, 2.45) is 0 Å². The first kappa shape index (κ1) is 79.0. The smallest absolute Gasteiger partial charge is 0.261 e. The number of amides is 8. The summed E-state index contributed by atoms with van der Waals surface area (Å²) in [5.41, 5.74) is 8.01. The van der Waals surface area contributed by atoms with Gasteiger partial charge < -0.3 is 9.47 Å². The van der Waals surface area contributed by atoms with Crippen LogP contribution in [0, 0.1) is 31.2 Å². The molecular formula is C80H74N4O10Y2-4. The van der Waals surface area contributed by atoms with Gasteiger partial charge in [0.2, 0.25) is 0 Å². The minimum atomic E-state index is -0.307. The third-order valence-corrected chi connectivity index (χ3v) is 14.2. The van der Waals surface area contributed by atoms with Gasteiger partial charge in [-0.25, -0.2) is 0 Å². The number of rotatable bonds is 7. The van der Waals surface area contributed by atoms with Crippen LogP contribution < -0.4 is 9.47 Å². The van der Waals surface area contributed by atoms with Crippen molar-refractivity contribution < 1.29 is 113 Å². The fourth-order valence-corrected chi connectivity index (χ4v) is 9.34. The van der Waals surface area contributed by atoms with Crippen LogP contribution in [0.1, 0.15) is 138 Å². The molecule has 0 N–H and O–H groups in total. The molecule has 14 rings (SSSR count). The molecule has 8 amide bonds. The SMILES string of the molecule is CC.CC.CN1C(=O)c2ccc(Cc3ccc4c(c3)C(=O)N(C)C4=O)cc2C1=O.CN1C(=O)c2ccc(Cc3ccc4c(c3)C(=O)N(C)C4=O)cc2C1=O.COc1cc[c-]cc1.Cc1ccccc1.[Y].[Y].[c-]1ccc(Oc2ccccc2)cc1.[c-]1ccccc1.[c-]1ccccc1. The summed E-state index contributed by atoms with van der Waals surface area (Å²) in [7, 11) is 7.50. The second-order valence-electron chi connectivity index (χ2n) is 20.5. The van der Waals surface area contributed by atoms with Gasteiger partial charge in [-0.2, -0.15) is 109 Å². The van der Waals surface area contributed by atoms with Gasteiger partial charge in [0.15, 0.2) is 0 Å². The normalized spacial score (nSPS) is 12.1. The standard InChI is InChI=1S/2C19H14N2O4.C12H9O.C7H7O.C7H8.2C6H5.2C2H6.2Y/c2*1-20-16(22)12-5-3-10(8-14(12)18(20)24)7-11-4-6-13-15(9-11)19(25)21(2)17(13)23;1-3-7-11(8-4-1)13-12-9-5-2-6-10-12;1-8-7-5-3-2-4-6-7;1-7-5-3-2-4-6-7;2*1-2-4-6-5-3-1;2*1-2;;/h2*3-6,8-9H,7H2,1-2H3;1,3-10H;3-6H,1H3;2-6H,1H3;2*1-5H;2*1-2H3;;/q;;2*-1;;2*-1;;;;. The molecule has 0 aromatic heterocycles. The number of carbonyl (C=O) groups excluding carboxylic acids is 8. The minimum absolute atomic E-state index is 0. The predicted molar refractivity (Wildman–Crippen MR) is 365 cm³/mol. The molecule has 0 atom stereocenters. The fraction of sp³-hybridized carbons (Fsp3) is 0.150. The summed E-state index contributed by atoms with van der Waals surface area (Å²) in [6.07, 6.45) is 0.994. The monoisotopic (exact) mass is 1430 g/mol. The van der Waals surface area contributed by atoms with Crippen LogP contribution in [0.3, 0.4) is 0 Å². The maximum Gasteiger partial charge on any atom is 0.261 e. The number of imide groups is 4. The van der Waals surface area contributed by atoms with Gasteiger partial charge in [0.25, 0.3) is 47.3 Å². The van der Waals surface area contributed by atoms with E-state index < -0.39 is 0 Å². The van der Waals surface area contributed by atoms with Crippen LogP contribution in [-0.4, -0.2) is 102 Å². The Morgan fingerprint density at radius 3 is 0.760 bits per heavy atom. The van der Waals surface area contributed by atoms with E-state index in [9.17, 15) is 38.4 Å². The van der Waals surface area contributed by atoms with Crippen LogP contribution in [-0.2, 0) is 78.3 Å². The van der Waals surface area contributed by atoms with E-state index in [4.69, 9.17) is 9.47 Å². The number of hydrogen-bond acceptors (Lipinski definition) is 10. The number of para-hydroxylation sites is 1. The summed E-state index contributed by atoms with van der Waals surface area (Å²) in [5.74, 6) is 0.162. The van der Waals surface area contributed by atoms with E-state index in [1.807, 2.05) is 185 Å². The van der Waals surface area contributed by atoms with Gasteiger partial charge in [-0.1, -0.05) is 106 Å². The minimum Gasteiger partial charge on any atom is -0.522 e. The fourth-order valence-electron chi connectivity index (χ4n) is 9.34. The van der Waals surface area contributed by atoms with Crippen LogP contribution >= 0.6 is 0 Å². The van der Waals surface area contributed by atoms with Crippen molar-refractivity contribution in [1.29, 1.82) is 0 Å². The van der Waals surface area contributed by atoms with Crippen LogP contribution in [0.2, 0.25) is 0 Å². The van der Waals surface area contributed by atoms with Gasteiger partial charge >= 0.3 is 0 Å². The topological polar surface area (TPSA) is 168 Å². The zero-order valence-corrected chi connectivity index (χ0v) is 61.2. The molecular weight excluding hydrogens is 1350 g/mol. The number of methoxy groups -OCH3 is 1. The average Bonchev–Trinajstić information content (AvgIpc) is 1.65. The molecule has 10 aromatic rings. The summed E-state index contributed by atoms with van der Waals surface area (Å²) in [5, 5.41) is 0. The van der Waals surface area contributed by atoms with E-state index in [2.05, 4.69) is 43.3 Å². The predicted octanol–water partition coefficient (Wildman–Crippen LogP) is 15.2. The molecule has 96 heavy (non-hydrogen) atoms. The third kappa shape index (κ3) is 21.8. The molecule has 0 spiro atoms. The van der Waals surface area contributed by atoms with Crippen molar-refractivity contribution in [2.75, 3.05) is 35.3 Å². The Hall–Kier alpha value is -9.43. The number of carbonyl (C=O) groups is 8. The zero-order chi connectivity index (χ0) is 68.1. The molecule has 0 unspecified atom stereocenters. The molecule has 484 valence electrons. The summed E-state index contributed by atoms with van der Waals surface area (Å²) in [6, 6.07) is 86.3. The number of nitrogens with zero attached hydrogens (tertiary/aromatic N) is 4. The molecule has 0 fully saturated rings.